The molecular formula is C15H23NO3. The van der Waals surface area contributed by atoms with Gasteiger partial charge in [0.15, 0.2) is 12.1 Å². The van der Waals surface area contributed by atoms with Gasteiger partial charge in [-0.1, -0.05) is 25.5 Å². The minimum absolute atomic E-state index is 0.0459. The van der Waals surface area contributed by atoms with Gasteiger partial charge in [0.25, 0.3) is 0 Å². The lowest BCUT2D eigenvalue weighted by Crippen LogP contribution is -2.23. The highest BCUT2D eigenvalue weighted by molar-refractivity contribution is 5.82. The van der Waals surface area contributed by atoms with Crippen LogP contribution in [0.3, 0.4) is 0 Å². The molecule has 2 atom stereocenters. The Kier molecular flexibility index (Phi) is 6.20. The van der Waals surface area contributed by atoms with Gasteiger partial charge in [-0.05, 0) is 31.1 Å². The second-order valence-electron chi connectivity index (χ2n) is 5.77. The van der Waals surface area contributed by atoms with Gasteiger partial charge in [-0.2, -0.15) is 5.26 Å². The standard InChI is InChI=1S/C15H23NO3/c1-10(2)13-7-11(8-14(17)5-6-16)3-4-12(9-13)15(18)19/h3,10,12-13,15,18-19H,4-5,7-9H2,1-2H3. The van der Waals surface area contributed by atoms with Crippen LogP contribution in [0, 0.1) is 29.1 Å². The molecule has 0 amide bonds. The highest BCUT2D eigenvalue weighted by atomic mass is 16.5. The molecule has 0 spiro atoms. The molecule has 0 aliphatic heterocycles. The molecule has 1 aliphatic carbocycles. The van der Waals surface area contributed by atoms with Crippen LogP contribution in [0.1, 0.15) is 46.0 Å². The summed E-state index contributed by atoms with van der Waals surface area (Å²) in [5.74, 6) is 0.583. The minimum atomic E-state index is -1.30. The van der Waals surface area contributed by atoms with E-state index in [1.165, 1.54) is 0 Å². The molecular weight excluding hydrogens is 242 g/mol. The Morgan fingerprint density at radius 3 is 2.68 bits per heavy atom. The van der Waals surface area contributed by atoms with Gasteiger partial charge < -0.3 is 10.2 Å². The van der Waals surface area contributed by atoms with Crippen LogP contribution in [-0.4, -0.2) is 22.3 Å². The lowest BCUT2D eigenvalue weighted by molar-refractivity contribution is -0.117. The van der Waals surface area contributed by atoms with Crippen molar-refractivity contribution in [1.82, 2.24) is 0 Å². The Bertz CT molecular complexity index is 379. The lowest BCUT2D eigenvalue weighted by atomic mass is 9.83. The number of ketones is 1. The van der Waals surface area contributed by atoms with Crippen LogP contribution >= 0.6 is 0 Å². The van der Waals surface area contributed by atoms with Crippen molar-refractivity contribution in [2.75, 3.05) is 0 Å². The Morgan fingerprint density at radius 1 is 1.47 bits per heavy atom. The summed E-state index contributed by atoms with van der Waals surface area (Å²) in [7, 11) is 0. The average molecular weight is 265 g/mol. The Labute approximate surface area is 114 Å². The van der Waals surface area contributed by atoms with Crippen molar-refractivity contribution in [3.63, 3.8) is 0 Å². The van der Waals surface area contributed by atoms with E-state index in [1.807, 2.05) is 12.1 Å². The van der Waals surface area contributed by atoms with Crippen LogP contribution in [0.2, 0.25) is 0 Å². The topological polar surface area (TPSA) is 81.3 Å². The average Bonchev–Trinajstić information content (AvgIpc) is 2.52. The molecule has 1 rings (SSSR count). The lowest BCUT2D eigenvalue weighted by Gasteiger charge is -2.24. The second kappa shape index (κ2) is 7.42. The van der Waals surface area contributed by atoms with Gasteiger partial charge >= 0.3 is 0 Å². The smallest absolute Gasteiger partial charge is 0.154 e. The predicted octanol–water partition coefficient (Wildman–Crippen LogP) is 2.17. The number of allylic oxidation sites excluding steroid dienone is 2. The fraction of sp³-hybridized carbons (Fsp3) is 0.733. The SMILES string of the molecule is CC(C)C1CC(CC(=O)CC#N)=CCC(C(O)O)C1. The zero-order chi connectivity index (χ0) is 14.4. The molecule has 2 unspecified atom stereocenters. The highest BCUT2D eigenvalue weighted by Gasteiger charge is 2.27. The third-order valence-corrected chi connectivity index (χ3v) is 3.90. The van der Waals surface area contributed by atoms with Crippen LogP contribution < -0.4 is 0 Å². The van der Waals surface area contributed by atoms with Crippen molar-refractivity contribution < 1.29 is 15.0 Å². The van der Waals surface area contributed by atoms with Gasteiger partial charge in [0.05, 0.1) is 12.5 Å². The number of nitrogens with zero attached hydrogens (tertiary/aromatic N) is 1. The summed E-state index contributed by atoms with van der Waals surface area (Å²) in [6, 6.07) is 1.88. The molecule has 4 heteroatoms. The van der Waals surface area contributed by atoms with Gasteiger partial charge in [-0.15, -0.1) is 0 Å². The summed E-state index contributed by atoms with van der Waals surface area (Å²) in [6.07, 6.45) is 3.12. The van der Waals surface area contributed by atoms with E-state index in [0.29, 0.717) is 24.7 Å². The molecule has 0 aromatic rings. The summed E-state index contributed by atoms with van der Waals surface area (Å²) in [5.41, 5.74) is 1.04. The Hall–Kier alpha value is -1.18. The third kappa shape index (κ3) is 5.14. The molecule has 0 bridgehead atoms. The number of hydrogen-bond donors (Lipinski definition) is 2. The molecule has 2 N–H and O–H groups in total. The molecule has 0 saturated carbocycles. The molecule has 0 radical (unpaired) electrons. The van der Waals surface area contributed by atoms with Crippen LogP contribution in [0.5, 0.6) is 0 Å². The van der Waals surface area contributed by atoms with Crippen LogP contribution in [0.4, 0.5) is 0 Å². The number of Topliss-reactive ketones (excluding diaryl/α,β-unsaturated/α-hetero) is 1. The number of aliphatic hydroxyl groups is 2. The first kappa shape index (κ1) is 15.9. The molecule has 1 aliphatic rings. The van der Waals surface area contributed by atoms with Crippen LogP contribution in [0.25, 0.3) is 0 Å². The van der Waals surface area contributed by atoms with Gasteiger partial charge in [0.2, 0.25) is 0 Å². The largest absolute Gasteiger partial charge is 0.368 e. The van der Waals surface area contributed by atoms with Crippen molar-refractivity contribution in [1.29, 1.82) is 5.26 Å². The van der Waals surface area contributed by atoms with Gasteiger partial charge in [0, 0.05) is 12.3 Å². The molecule has 19 heavy (non-hydrogen) atoms. The van der Waals surface area contributed by atoms with E-state index in [-0.39, 0.29) is 18.1 Å². The summed E-state index contributed by atoms with van der Waals surface area (Å²) >= 11 is 0. The molecule has 0 fully saturated rings. The van der Waals surface area contributed by atoms with Crippen LogP contribution in [0.15, 0.2) is 11.6 Å². The predicted molar refractivity (Wildman–Crippen MR) is 71.8 cm³/mol. The first-order chi connectivity index (χ1) is 8.93. The first-order valence-electron chi connectivity index (χ1n) is 6.86. The molecule has 0 aromatic heterocycles. The minimum Gasteiger partial charge on any atom is -0.368 e. The fourth-order valence-electron chi connectivity index (χ4n) is 2.61. The second-order valence-corrected chi connectivity index (χ2v) is 5.77. The highest BCUT2D eigenvalue weighted by Crippen LogP contribution is 2.34. The first-order valence-corrected chi connectivity index (χ1v) is 6.86. The molecule has 0 aromatic carbocycles. The van der Waals surface area contributed by atoms with Crippen molar-refractivity contribution in [2.24, 2.45) is 17.8 Å². The van der Waals surface area contributed by atoms with Gasteiger partial charge in [-0.3, -0.25) is 4.79 Å². The zero-order valence-corrected chi connectivity index (χ0v) is 11.7. The van der Waals surface area contributed by atoms with E-state index in [2.05, 4.69) is 13.8 Å². The van der Waals surface area contributed by atoms with Gasteiger partial charge in [-0.25, -0.2) is 0 Å². The molecule has 0 saturated heterocycles. The number of nitriles is 1. The molecule has 4 nitrogen and oxygen atoms in total. The molecule has 106 valence electrons. The van der Waals surface area contributed by atoms with Crippen molar-refractivity contribution in [3.05, 3.63) is 11.6 Å². The van der Waals surface area contributed by atoms with E-state index in [0.717, 1.165) is 18.4 Å². The van der Waals surface area contributed by atoms with E-state index >= 15 is 0 Å². The summed E-state index contributed by atoms with van der Waals surface area (Å²) in [4.78, 5) is 11.6. The number of hydrogen-bond acceptors (Lipinski definition) is 4. The summed E-state index contributed by atoms with van der Waals surface area (Å²) in [5, 5.41) is 27.3. The van der Waals surface area contributed by atoms with Crippen molar-refractivity contribution in [2.45, 2.75) is 52.2 Å². The number of carbonyl (C=O) groups is 1. The number of rotatable bonds is 5. The normalized spacial score (nSPS) is 23.9. The van der Waals surface area contributed by atoms with E-state index in [9.17, 15) is 15.0 Å². The summed E-state index contributed by atoms with van der Waals surface area (Å²) < 4.78 is 0. The monoisotopic (exact) mass is 265 g/mol. The Balaban J connectivity index is 2.75. The van der Waals surface area contributed by atoms with E-state index in [4.69, 9.17) is 5.26 Å². The summed E-state index contributed by atoms with van der Waals surface area (Å²) in [6.45, 7) is 4.23. The van der Waals surface area contributed by atoms with E-state index in [1.54, 1.807) is 0 Å². The molecule has 0 heterocycles. The quantitative estimate of drug-likeness (QED) is 0.589. The van der Waals surface area contributed by atoms with Crippen LogP contribution in [-0.2, 0) is 4.79 Å². The van der Waals surface area contributed by atoms with Gasteiger partial charge in [0.1, 0.15) is 0 Å². The maximum absolute atomic E-state index is 11.6. The third-order valence-electron chi connectivity index (χ3n) is 3.90. The Morgan fingerprint density at radius 2 is 2.16 bits per heavy atom. The van der Waals surface area contributed by atoms with Crippen molar-refractivity contribution in [3.8, 4) is 6.07 Å². The van der Waals surface area contributed by atoms with Crippen molar-refractivity contribution >= 4 is 5.78 Å². The maximum atomic E-state index is 11.6. The van der Waals surface area contributed by atoms with E-state index < -0.39 is 6.29 Å². The number of aliphatic hydroxyl groups excluding tert-OH is 1. The number of carbonyl (C=O) groups excluding carboxylic acids is 1. The maximum Gasteiger partial charge on any atom is 0.154 e. The zero-order valence-electron chi connectivity index (χ0n) is 11.7. The fourth-order valence-corrected chi connectivity index (χ4v) is 2.61.